The van der Waals surface area contributed by atoms with Gasteiger partial charge in [0.15, 0.2) is 0 Å². The Morgan fingerprint density at radius 1 is 1.43 bits per heavy atom. The van der Waals surface area contributed by atoms with E-state index in [1.807, 2.05) is 0 Å². The summed E-state index contributed by atoms with van der Waals surface area (Å²) < 4.78 is 0. The van der Waals surface area contributed by atoms with E-state index in [1.54, 1.807) is 0 Å². The van der Waals surface area contributed by atoms with E-state index < -0.39 is 20.1 Å². The SMILES string of the molecule is C[Si](C)(C)C#C[C@H]1CC[C@@H](C(=O)O)N1. The molecule has 1 fully saturated rings. The summed E-state index contributed by atoms with van der Waals surface area (Å²) in [5, 5.41) is 11.8. The van der Waals surface area contributed by atoms with Gasteiger partial charge in [-0.1, -0.05) is 25.6 Å². The van der Waals surface area contributed by atoms with Crippen molar-refractivity contribution in [1.82, 2.24) is 5.32 Å². The highest BCUT2D eigenvalue weighted by molar-refractivity contribution is 6.83. The van der Waals surface area contributed by atoms with Gasteiger partial charge in [-0.3, -0.25) is 10.1 Å². The fraction of sp³-hybridized carbons (Fsp3) is 0.700. The molecule has 0 bridgehead atoms. The minimum Gasteiger partial charge on any atom is -0.480 e. The lowest BCUT2D eigenvalue weighted by Crippen LogP contribution is -2.35. The third-order valence-corrected chi connectivity index (χ3v) is 2.96. The second-order valence-electron chi connectivity index (χ2n) is 4.71. The van der Waals surface area contributed by atoms with Crippen LogP contribution >= 0.6 is 0 Å². The number of hydrogen-bond acceptors (Lipinski definition) is 2. The molecule has 1 aliphatic heterocycles. The van der Waals surface area contributed by atoms with E-state index in [2.05, 4.69) is 36.4 Å². The maximum absolute atomic E-state index is 10.6. The van der Waals surface area contributed by atoms with Gasteiger partial charge in [0.25, 0.3) is 0 Å². The van der Waals surface area contributed by atoms with Crippen LogP contribution in [0.25, 0.3) is 0 Å². The number of rotatable bonds is 1. The monoisotopic (exact) mass is 211 g/mol. The average molecular weight is 211 g/mol. The largest absolute Gasteiger partial charge is 0.480 e. The molecule has 1 aliphatic rings. The van der Waals surface area contributed by atoms with Crippen molar-refractivity contribution in [2.45, 2.75) is 44.6 Å². The third kappa shape index (κ3) is 3.52. The Hall–Kier alpha value is -0.793. The molecule has 14 heavy (non-hydrogen) atoms. The maximum atomic E-state index is 10.6. The smallest absolute Gasteiger partial charge is 0.320 e. The molecule has 0 aromatic heterocycles. The molecule has 1 heterocycles. The molecular formula is C10H17NO2Si. The highest BCUT2D eigenvalue weighted by Crippen LogP contribution is 2.12. The summed E-state index contributed by atoms with van der Waals surface area (Å²) in [5.74, 6) is 2.38. The average Bonchev–Trinajstić information content (AvgIpc) is 2.47. The lowest BCUT2D eigenvalue weighted by atomic mass is 10.2. The minimum atomic E-state index is -1.32. The van der Waals surface area contributed by atoms with Crippen LogP contribution in [-0.4, -0.2) is 31.2 Å². The van der Waals surface area contributed by atoms with Crippen LogP contribution in [0.15, 0.2) is 0 Å². The van der Waals surface area contributed by atoms with Gasteiger partial charge in [-0.2, -0.15) is 0 Å². The van der Waals surface area contributed by atoms with Crippen molar-refractivity contribution in [3.8, 4) is 11.5 Å². The Bertz CT molecular complexity index is 285. The van der Waals surface area contributed by atoms with Gasteiger partial charge < -0.3 is 5.11 Å². The Balaban J connectivity index is 2.50. The number of carboxylic acid groups (broad SMARTS) is 1. The summed E-state index contributed by atoms with van der Waals surface area (Å²) in [6.07, 6.45) is 1.55. The number of carboxylic acids is 1. The molecule has 0 aliphatic carbocycles. The van der Waals surface area contributed by atoms with Crippen molar-refractivity contribution >= 4 is 14.0 Å². The van der Waals surface area contributed by atoms with Crippen molar-refractivity contribution in [2.75, 3.05) is 0 Å². The van der Waals surface area contributed by atoms with E-state index in [0.29, 0.717) is 6.42 Å². The molecule has 0 spiro atoms. The van der Waals surface area contributed by atoms with Gasteiger partial charge in [0, 0.05) is 0 Å². The van der Waals surface area contributed by atoms with Crippen LogP contribution < -0.4 is 5.32 Å². The molecule has 0 saturated carbocycles. The van der Waals surface area contributed by atoms with E-state index in [1.165, 1.54) is 0 Å². The van der Waals surface area contributed by atoms with Crippen LogP contribution in [0.1, 0.15) is 12.8 Å². The lowest BCUT2D eigenvalue weighted by molar-refractivity contribution is -0.139. The van der Waals surface area contributed by atoms with Gasteiger partial charge in [0.1, 0.15) is 14.1 Å². The molecule has 4 heteroatoms. The summed E-state index contributed by atoms with van der Waals surface area (Å²) in [6, 6.07) is -0.307. The topological polar surface area (TPSA) is 49.3 Å². The van der Waals surface area contributed by atoms with E-state index >= 15 is 0 Å². The zero-order chi connectivity index (χ0) is 10.8. The molecule has 3 nitrogen and oxygen atoms in total. The summed E-state index contributed by atoms with van der Waals surface area (Å²) in [4.78, 5) is 10.6. The van der Waals surface area contributed by atoms with Crippen molar-refractivity contribution < 1.29 is 9.90 Å². The van der Waals surface area contributed by atoms with Gasteiger partial charge in [-0.05, 0) is 12.8 Å². The van der Waals surface area contributed by atoms with Crippen molar-refractivity contribution in [1.29, 1.82) is 0 Å². The zero-order valence-corrected chi connectivity index (χ0v) is 9.92. The first-order valence-corrected chi connectivity index (χ1v) is 8.40. The molecule has 0 aromatic rings. The Labute approximate surface area is 85.9 Å². The van der Waals surface area contributed by atoms with Crippen LogP contribution in [0.3, 0.4) is 0 Å². The molecule has 1 rings (SSSR count). The van der Waals surface area contributed by atoms with Crippen LogP contribution in [0.5, 0.6) is 0 Å². The quantitative estimate of drug-likeness (QED) is 0.504. The molecular weight excluding hydrogens is 194 g/mol. The van der Waals surface area contributed by atoms with Gasteiger partial charge in [0.05, 0.1) is 6.04 Å². The first-order valence-electron chi connectivity index (χ1n) is 4.90. The first-order chi connectivity index (χ1) is 6.38. The first kappa shape index (κ1) is 11.3. The summed E-state index contributed by atoms with van der Waals surface area (Å²) in [5.41, 5.74) is 3.26. The molecule has 78 valence electrons. The lowest BCUT2D eigenvalue weighted by Gasteiger charge is -2.07. The molecule has 0 aromatic carbocycles. The highest BCUT2D eigenvalue weighted by atomic mass is 28.3. The Morgan fingerprint density at radius 3 is 2.50 bits per heavy atom. The summed E-state index contributed by atoms with van der Waals surface area (Å²) in [6.45, 7) is 6.55. The molecule has 1 saturated heterocycles. The van der Waals surface area contributed by atoms with Gasteiger partial charge in [-0.15, -0.1) is 5.54 Å². The van der Waals surface area contributed by atoms with E-state index in [-0.39, 0.29) is 6.04 Å². The maximum Gasteiger partial charge on any atom is 0.320 e. The van der Waals surface area contributed by atoms with E-state index in [4.69, 9.17) is 5.11 Å². The van der Waals surface area contributed by atoms with Crippen molar-refractivity contribution in [3.05, 3.63) is 0 Å². The second-order valence-corrected chi connectivity index (χ2v) is 9.46. The predicted molar refractivity (Wildman–Crippen MR) is 58.7 cm³/mol. The number of hydrogen-bond donors (Lipinski definition) is 2. The van der Waals surface area contributed by atoms with Crippen molar-refractivity contribution in [3.63, 3.8) is 0 Å². The predicted octanol–water partition coefficient (Wildman–Crippen LogP) is 1.07. The van der Waals surface area contributed by atoms with Crippen LogP contribution in [0, 0.1) is 11.5 Å². The number of carbonyl (C=O) groups is 1. The summed E-state index contributed by atoms with van der Waals surface area (Å²) >= 11 is 0. The Kier molecular flexibility index (Phi) is 3.35. The van der Waals surface area contributed by atoms with Gasteiger partial charge in [-0.25, -0.2) is 0 Å². The standard InChI is InChI=1S/C10H17NO2Si/c1-14(2,3)7-6-8-4-5-9(11-8)10(12)13/h8-9,11H,4-5H2,1-3H3,(H,12,13)/t8-,9+/m1/s1. The summed E-state index contributed by atoms with van der Waals surface area (Å²) in [7, 11) is -1.32. The number of nitrogens with one attached hydrogen (secondary N) is 1. The third-order valence-electron chi connectivity index (χ3n) is 2.07. The minimum absolute atomic E-state index is 0.0859. The highest BCUT2D eigenvalue weighted by Gasteiger charge is 2.27. The molecule has 0 radical (unpaired) electrons. The Morgan fingerprint density at radius 2 is 2.07 bits per heavy atom. The fourth-order valence-corrected chi connectivity index (χ4v) is 1.96. The van der Waals surface area contributed by atoms with E-state index in [0.717, 1.165) is 6.42 Å². The van der Waals surface area contributed by atoms with Crippen LogP contribution in [-0.2, 0) is 4.79 Å². The zero-order valence-electron chi connectivity index (χ0n) is 8.92. The molecule has 2 atom stereocenters. The van der Waals surface area contributed by atoms with E-state index in [9.17, 15) is 4.79 Å². The van der Waals surface area contributed by atoms with Gasteiger partial charge >= 0.3 is 5.97 Å². The number of aliphatic carboxylic acids is 1. The molecule has 0 amide bonds. The second kappa shape index (κ2) is 4.16. The molecule has 0 unspecified atom stereocenters. The molecule has 2 N–H and O–H groups in total. The van der Waals surface area contributed by atoms with Crippen LogP contribution in [0.4, 0.5) is 0 Å². The normalized spacial score (nSPS) is 26.8. The fourth-order valence-electron chi connectivity index (χ4n) is 1.36. The van der Waals surface area contributed by atoms with Crippen LogP contribution in [0.2, 0.25) is 19.6 Å². The van der Waals surface area contributed by atoms with Crippen molar-refractivity contribution in [2.24, 2.45) is 0 Å². The van der Waals surface area contributed by atoms with Gasteiger partial charge in [0.2, 0.25) is 0 Å².